The number of carbonyl (C=O) groups is 3. The van der Waals surface area contributed by atoms with Crippen molar-refractivity contribution in [1.82, 2.24) is 0 Å². The van der Waals surface area contributed by atoms with Gasteiger partial charge in [0.1, 0.15) is 13.2 Å². The molecule has 0 saturated heterocycles. The van der Waals surface area contributed by atoms with Crippen LogP contribution in [0, 0.1) is 0 Å². The molecule has 1 atom stereocenters. The predicted octanol–water partition coefficient (Wildman–Crippen LogP) is 17.8. The lowest BCUT2D eigenvalue weighted by molar-refractivity contribution is -0.167. The molecule has 65 heavy (non-hydrogen) atoms. The number of unbranched alkanes of at least 4 members (excludes halogenated alkanes) is 20. The molecule has 6 nitrogen and oxygen atoms in total. The van der Waals surface area contributed by atoms with Gasteiger partial charge in [-0.25, -0.2) is 0 Å². The van der Waals surface area contributed by atoms with Gasteiger partial charge in [0, 0.05) is 19.3 Å². The largest absolute Gasteiger partial charge is 0.462 e. The summed E-state index contributed by atoms with van der Waals surface area (Å²) in [5.41, 5.74) is 0. The summed E-state index contributed by atoms with van der Waals surface area (Å²) < 4.78 is 16.8. The first-order chi connectivity index (χ1) is 32.0. The van der Waals surface area contributed by atoms with E-state index in [0.717, 1.165) is 128 Å². The fourth-order valence-electron chi connectivity index (χ4n) is 7.13. The van der Waals surface area contributed by atoms with Crippen molar-refractivity contribution in [3.8, 4) is 0 Å². The van der Waals surface area contributed by atoms with E-state index in [1.807, 2.05) is 0 Å². The van der Waals surface area contributed by atoms with Gasteiger partial charge in [-0.3, -0.25) is 14.4 Å². The molecule has 6 heteroatoms. The maximum atomic E-state index is 12.8. The fourth-order valence-corrected chi connectivity index (χ4v) is 7.13. The minimum Gasteiger partial charge on any atom is -0.462 e. The number of allylic oxidation sites excluding steroid dienone is 16. The minimum atomic E-state index is -0.799. The second-order valence-electron chi connectivity index (χ2n) is 17.4. The van der Waals surface area contributed by atoms with E-state index < -0.39 is 6.10 Å². The molecule has 0 amide bonds. The van der Waals surface area contributed by atoms with Crippen LogP contribution in [-0.4, -0.2) is 37.2 Å². The van der Waals surface area contributed by atoms with Crippen molar-refractivity contribution in [3.05, 3.63) is 97.2 Å². The van der Waals surface area contributed by atoms with Crippen LogP contribution in [0.15, 0.2) is 97.2 Å². The minimum absolute atomic E-state index is 0.0944. The molecule has 0 N–H and O–H groups in total. The van der Waals surface area contributed by atoms with Gasteiger partial charge in [-0.15, -0.1) is 0 Å². The third-order valence-corrected chi connectivity index (χ3v) is 11.1. The lowest BCUT2D eigenvalue weighted by Gasteiger charge is -2.18. The molecule has 0 fully saturated rings. The highest BCUT2D eigenvalue weighted by Crippen LogP contribution is 2.14. The van der Waals surface area contributed by atoms with Crippen molar-refractivity contribution < 1.29 is 28.6 Å². The zero-order chi connectivity index (χ0) is 47.2. The Balaban J connectivity index is 4.45. The van der Waals surface area contributed by atoms with Crippen LogP contribution < -0.4 is 0 Å². The molecule has 0 spiro atoms. The molecule has 0 radical (unpaired) electrons. The molecular formula is C59H98O6. The third-order valence-electron chi connectivity index (χ3n) is 11.1. The Morgan fingerprint density at radius 2 is 0.600 bits per heavy atom. The van der Waals surface area contributed by atoms with Crippen LogP contribution in [0.1, 0.15) is 239 Å². The zero-order valence-electron chi connectivity index (χ0n) is 42.2. The highest BCUT2D eigenvalue weighted by molar-refractivity contribution is 5.71. The lowest BCUT2D eigenvalue weighted by atomic mass is 10.0. The molecule has 0 aliphatic heterocycles. The van der Waals surface area contributed by atoms with Gasteiger partial charge in [-0.1, -0.05) is 221 Å². The van der Waals surface area contributed by atoms with Crippen molar-refractivity contribution in [1.29, 1.82) is 0 Å². The molecule has 0 aromatic heterocycles. The SMILES string of the molecule is CC/C=C\C/C=C\C/C=C\C/C=C\CCCCCCCCC(=O)OCC(COC(=O)CCCCCCCCCCCCCC)OC(=O)CCCCC/C=C\C/C=C\C/C=C\C/C=C\CC. The van der Waals surface area contributed by atoms with Crippen LogP contribution in [0.25, 0.3) is 0 Å². The first kappa shape index (κ1) is 61.3. The summed E-state index contributed by atoms with van der Waals surface area (Å²) in [5.74, 6) is -0.941. The van der Waals surface area contributed by atoms with Gasteiger partial charge in [0.25, 0.3) is 0 Å². The zero-order valence-corrected chi connectivity index (χ0v) is 42.2. The molecule has 0 heterocycles. The van der Waals surface area contributed by atoms with E-state index in [1.54, 1.807) is 0 Å². The molecule has 0 bridgehead atoms. The van der Waals surface area contributed by atoms with Gasteiger partial charge in [0.15, 0.2) is 6.10 Å². The maximum absolute atomic E-state index is 12.8. The topological polar surface area (TPSA) is 78.9 Å². The Morgan fingerprint density at radius 3 is 0.954 bits per heavy atom. The summed E-state index contributed by atoms with van der Waals surface area (Å²) in [6.07, 6.45) is 69.6. The summed E-state index contributed by atoms with van der Waals surface area (Å²) in [7, 11) is 0. The van der Waals surface area contributed by atoms with Gasteiger partial charge in [-0.2, -0.15) is 0 Å². The summed E-state index contributed by atoms with van der Waals surface area (Å²) in [6.45, 7) is 6.37. The highest BCUT2D eigenvalue weighted by atomic mass is 16.6. The molecule has 0 aromatic rings. The van der Waals surface area contributed by atoms with E-state index >= 15 is 0 Å². The van der Waals surface area contributed by atoms with E-state index in [2.05, 4.69) is 118 Å². The van der Waals surface area contributed by atoms with E-state index in [4.69, 9.17) is 14.2 Å². The average Bonchev–Trinajstić information content (AvgIpc) is 3.30. The van der Waals surface area contributed by atoms with Crippen LogP contribution in [0.5, 0.6) is 0 Å². The van der Waals surface area contributed by atoms with Crippen LogP contribution in [0.3, 0.4) is 0 Å². The Bertz CT molecular complexity index is 1310. The second-order valence-corrected chi connectivity index (χ2v) is 17.4. The van der Waals surface area contributed by atoms with E-state index in [0.29, 0.717) is 12.8 Å². The Kier molecular flexibility index (Phi) is 50.0. The highest BCUT2D eigenvalue weighted by Gasteiger charge is 2.19. The molecule has 1 unspecified atom stereocenters. The summed E-state index contributed by atoms with van der Waals surface area (Å²) in [6, 6.07) is 0. The first-order valence-corrected chi connectivity index (χ1v) is 26.7. The molecule has 0 aromatic carbocycles. The molecule has 0 rings (SSSR count). The van der Waals surface area contributed by atoms with E-state index in [-0.39, 0.29) is 37.5 Å². The fraction of sp³-hybridized carbons (Fsp3) is 0.678. The Labute approximate surface area is 400 Å². The van der Waals surface area contributed by atoms with Crippen LogP contribution in [-0.2, 0) is 28.6 Å². The number of ether oxygens (including phenoxy) is 3. The number of carbonyl (C=O) groups excluding carboxylic acids is 3. The van der Waals surface area contributed by atoms with Gasteiger partial charge >= 0.3 is 17.9 Å². The molecule has 370 valence electrons. The third kappa shape index (κ3) is 51.2. The smallest absolute Gasteiger partial charge is 0.306 e. The number of hydrogen-bond acceptors (Lipinski definition) is 6. The maximum Gasteiger partial charge on any atom is 0.306 e. The Morgan fingerprint density at radius 1 is 0.323 bits per heavy atom. The monoisotopic (exact) mass is 903 g/mol. The average molecular weight is 903 g/mol. The summed E-state index contributed by atoms with van der Waals surface area (Å²) in [4.78, 5) is 38.0. The van der Waals surface area contributed by atoms with E-state index in [9.17, 15) is 14.4 Å². The second kappa shape index (κ2) is 52.9. The van der Waals surface area contributed by atoms with Crippen molar-refractivity contribution in [2.75, 3.05) is 13.2 Å². The molecule has 0 saturated carbocycles. The molecular weight excluding hydrogens is 805 g/mol. The van der Waals surface area contributed by atoms with Gasteiger partial charge in [0.2, 0.25) is 0 Å². The van der Waals surface area contributed by atoms with E-state index in [1.165, 1.54) is 70.6 Å². The van der Waals surface area contributed by atoms with Gasteiger partial charge < -0.3 is 14.2 Å². The summed E-state index contributed by atoms with van der Waals surface area (Å²) in [5, 5.41) is 0. The van der Waals surface area contributed by atoms with Gasteiger partial charge in [-0.05, 0) is 96.3 Å². The summed E-state index contributed by atoms with van der Waals surface area (Å²) >= 11 is 0. The van der Waals surface area contributed by atoms with Crippen molar-refractivity contribution in [2.45, 2.75) is 245 Å². The number of esters is 3. The molecule has 0 aliphatic carbocycles. The van der Waals surface area contributed by atoms with Crippen LogP contribution in [0.2, 0.25) is 0 Å². The van der Waals surface area contributed by atoms with Crippen molar-refractivity contribution in [3.63, 3.8) is 0 Å². The first-order valence-electron chi connectivity index (χ1n) is 26.7. The Hall–Kier alpha value is -3.67. The van der Waals surface area contributed by atoms with Crippen molar-refractivity contribution >= 4 is 17.9 Å². The molecule has 0 aliphatic rings. The van der Waals surface area contributed by atoms with Gasteiger partial charge in [0.05, 0.1) is 0 Å². The standard InChI is InChI=1S/C59H98O6/c1-4-7-10-13-16-19-22-25-27-29-30-31-33-34-37-40-43-46-49-52-58(61)64-55-56(54-63-57(60)51-48-45-42-39-36-24-21-18-15-12-9-6-3)65-59(62)53-50-47-44-41-38-35-32-28-26-23-20-17-14-11-8-5-2/h7-8,10-11,16-17,19-20,25-28,30-31,35,38,56H,4-6,9,12-15,18,21-24,29,32-34,36-37,39-55H2,1-3H3/b10-7-,11-8-,19-16-,20-17-,27-25-,28-26-,31-30-,38-35-. The number of hydrogen-bond donors (Lipinski definition) is 0. The quantitative estimate of drug-likeness (QED) is 0.0262. The van der Waals surface area contributed by atoms with Crippen molar-refractivity contribution in [2.24, 2.45) is 0 Å². The van der Waals surface area contributed by atoms with Crippen LogP contribution >= 0.6 is 0 Å². The number of rotatable bonds is 47. The van der Waals surface area contributed by atoms with Crippen LogP contribution in [0.4, 0.5) is 0 Å². The lowest BCUT2D eigenvalue weighted by Crippen LogP contribution is -2.30. The normalized spacial score (nSPS) is 12.8. The predicted molar refractivity (Wildman–Crippen MR) is 279 cm³/mol.